The summed E-state index contributed by atoms with van der Waals surface area (Å²) in [4.78, 5) is 5.73. The second-order valence-corrected chi connectivity index (χ2v) is 4.96. The minimum Gasteiger partial charge on any atom is -0.493 e. The molecule has 1 aromatic heterocycles. The van der Waals surface area contributed by atoms with Gasteiger partial charge in [0, 0.05) is 17.6 Å². The van der Waals surface area contributed by atoms with Gasteiger partial charge in [-0.2, -0.15) is 0 Å². The Morgan fingerprint density at radius 2 is 2.11 bits per heavy atom. The Morgan fingerprint density at radius 3 is 2.89 bits per heavy atom. The van der Waals surface area contributed by atoms with Crippen molar-refractivity contribution in [2.24, 2.45) is 0 Å². The smallest absolute Gasteiger partial charge is 0.129 e. The van der Waals surface area contributed by atoms with Crippen molar-refractivity contribution in [2.45, 2.75) is 20.4 Å². The molecule has 1 aromatic carbocycles. The summed E-state index contributed by atoms with van der Waals surface area (Å²) in [5.41, 5.74) is 1.08. The molecule has 96 valence electrons. The number of ether oxygens (including phenoxy) is 1. The third kappa shape index (κ3) is 3.09. The van der Waals surface area contributed by atoms with Gasteiger partial charge in [-0.05, 0) is 25.6 Å². The van der Waals surface area contributed by atoms with Gasteiger partial charge in [0.05, 0.1) is 12.2 Å². The van der Waals surface area contributed by atoms with Gasteiger partial charge in [0.25, 0.3) is 0 Å². The molecule has 0 bridgehead atoms. The Morgan fingerprint density at radius 1 is 1.28 bits per heavy atom. The molecule has 0 saturated carbocycles. The van der Waals surface area contributed by atoms with Crippen molar-refractivity contribution in [3.8, 4) is 16.3 Å². The third-order valence-corrected chi connectivity index (χ3v) is 3.55. The third-order valence-electron chi connectivity index (χ3n) is 2.52. The minimum atomic E-state index is 0.673. The average molecular weight is 262 g/mol. The average Bonchev–Trinajstić information content (AvgIpc) is 2.86. The van der Waals surface area contributed by atoms with Crippen LogP contribution in [-0.2, 0) is 6.54 Å². The highest BCUT2D eigenvalue weighted by Crippen LogP contribution is 2.32. The van der Waals surface area contributed by atoms with Crippen LogP contribution in [0.25, 0.3) is 10.6 Å². The van der Waals surface area contributed by atoms with E-state index in [1.165, 1.54) is 4.88 Å². The highest BCUT2D eigenvalue weighted by molar-refractivity contribution is 7.15. The maximum Gasteiger partial charge on any atom is 0.129 e. The van der Waals surface area contributed by atoms with Crippen LogP contribution in [0.5, 0.6) is 5.75 Å². The first-order chi connectivity index (χ1) is 8.85. The van der Waals surface area contributed by atoms with Crippen LogP contribution in [0.1, 0.15) is 18.7 Å². The fraction of sp³-hybridized carbons (Fsp3) is 0.357. The number of hydrogen-bond donors (Lipinski definition) is 1. The van der Waals surface area contributed by atoms with E-state index in [9.17, 15) is 0 Å². The quantitative estimate of drug-likeness (QED) is 0.867. The summed E-state index contributed by atoms with van der Waals surface area (Å²) in [6, 6.07) is 8.05. The first-order valence-electron chi connectivity index (χ1n) is 6.22. The number of nitrogens with zero attached hydrogens (tertiary/aromatic N) is 1. The summed E-state index contributed by atoms with van der Waals surface area (Å²) in [6.07, 6.45) is 1.94. The number of rotatable bonds is 6. The van der Waals surface area contributed by atoms with Gasteiger partial charge >= 0.3 is 0 Å². The molecule has 2 rings (SSSR count). The molecule has 0 fully saturated rings. The van der Waals surface area contributed by atoms with E-state index in [1.807, 2.05) is 31.3 Å². The second kappa shape index (κ2) is 6.52. The predicted molar refractivity (Wildman–Crippen MR) is 76.1 cm³/mol. The molecule has 1 N–H and O–H groups in total. The largest absolute Gasteiger partial charge is 0.493 e. The number of benzene rings is 1. The molecule has 0 amide bonds. The lowest BCUT2D eigenvalue weighted by atomic mass is 10.2. The van der Waals surface area contributed by atoms with Crippen LogP contribution in [0.3, 0.4) is 0 Å². The monoisotopic (exact) mass is 262 g/mol. The first kappa shape index (κ1) is 13.1. The summed E-state index contributed by atoms with van der Waals surface area (Å²) < 4.78 is 5.63. The maximum absolute atomic E-state index is 5.63. The molecule has 0 spiro atoms. The highest BCUT2D eigenvalue weighted by atomic mass is 32.1. The Balaban J connectivity index is 2.22. The number of nitrogens with one attached hydrogen (secondary N) is 1. The Bertz CT molecular complexity index is 496. The van der Waals surface area contributed by atoms with Gasteiger partial charge in [0.2, 0.25) is 0 Å². The fourth-order valence-electron chi connectivity index (χ4n) is 1.69. The van der Waals surface area contributed by atoms with Gasteiger partial charge in [-0.1, -0.05) is 19.1 Å². The van der Waals surface area contributed by atoms with Gasteiger partial charge in [-0.3, -0.25) is 0 Å². The Hall–Kier alpha value is -1.39. The van der Waals surface area contributed by atoms with Crippen LogP contribution in [0, 0.1) is 0 Å². The standard InChI is InChI=1S/C14H18N2OS/c1-3-15-9-11-10-16-14(18-11)12-7-5-6-8-13(12)17-4-2/h5-8,10,15H,3-4,9H2,1-2H3. The molecule has 3 nitrogen and oxygen atoms in total. The molecule has 1 heterocycles. The zero-order chi connectivity index (χ0) is 12.8. The first-order valence-corrected chi connectivity index (χ1v) is 7.04. The molecule has 4 heteroatoms. The normalized spacial score (nSPS) is 10.6. The van der Waals surface area contributed by atoms with E-state index in [2.05, 4.69) is 23.3 Å². The molecule has 0 unspecified atom stereocenters. The second-order valence-electron chi connectivity index (χ2n) is 3.84. The van der Waals surface area contributed by atoms with Crippen molar-refractivity contribution >= 4 is 11.3 Å². The SMILES string of the molecule is CCNCc1cnc(-c2ccccc2OCC)s1. The van der Waals surface area contributed by atoms with Crippen LogP contribution >= 0.6 is 11.3 Å². The molecule has 0 aliphatic heterocycles. The molecule has 0 aliphatic rings. The van der Waals surface area contributed by atoms with Crippen LogP contribution < -0.4 is 10.1 Å². The summed E-state index contributed by atoms with van der Waals surface area (Å²) in [5, 5.41) is 4.33. The minimum absolute atomic E-state index is 0.673. The summed E-state index contributed by atoms with van der Waals surface area (Å²) in [6.45, 7) is 6.63. The number of aromatic nitrogens is 1. The molecular formula is C14H18N2OS. The zero-order valence-electron chi connectivity index (χ0n) is 10.8. The number of para-hydroxylation sites is 1. The molecular weight excluding hydrogens is 244 g/mol. The molecule has 0 radical (unpaired) electrons. The van der Waals surface area contributed by atoms with E-state index >= 15 is 0 Å². The van der Waals surface area contributed by atoms with Crippen molar-refractivity contribution in [3.05, 3.63) is 35.3 Å². The molecule has 0 atom stereocenters. The topological polar surface area (TPSA) is 34.2 Å². The molecule has 0 saturated heterocycles. The maximum atomic E-state index is 5.63. The lowest BCUT2D eigenvalue weighted by Gasteiger charge is -2.07. The van der Waals surface area contributed by atoms with Gasteiger partial charge in [0.1, 0.15) is 10.8 Å². The summed E-state index contributed by atoms with van der Waals surface area (Å²) >= 11 is 1.71. The predicted octanol–water partition coefficient (Wildman–Crippen LogP) is 3.32. The summed E-state index contributed by atoms with van der Waals surface area (Å²) in [7, 11) is 0. The van der Waals surface area contributed by atoms with E-state index in [-0.39, 0.29) is 0 Å². The Kier molecular flexibility index (Phi) is 4.73. The van der Waals surface area contributed by atoms with Crippen LogP contribution in [0.2, 0.25) is 0 Å². The van der Waals surface area contributed by atoms with Crippen LogP contribution in [0.15, 0.2) is 30.5 Å². The lowest BCUT2D eigenvalue weighted by Crippen LogP contribution is -2.10. The van der Waals surface area contributed by atoms with Gasteiger partial charge in [-0.15, -0.1) is 11.3 Å². The van der Waals surface area contributed by atoms with Gasteiger partial charge in [0.15, 0.2) is 0 Å². The highest BCUT2D eigenvalue weighted by Gasteiger charge is 2.09. The summed E-state index contributed by atoms with van der Waals surface area (Å²) in [5.74, 6) is 0.907. The molecule has 0 aliphatic carbocycles. The van der Waals surface area contributed by atoms with Crippen molar-refractivity contribution in [1.29, 1.82) is 0 Å². The van der Waals surface area contributed by atoms with Crippen LogP contribution in [-0.4, -0.2) is 18.1 Å². The van der Waals surface area contributed by atoms with E-state index in [1.54, 1.807) is 11.3 Å². The van der Waals surface area contributed by atoms with E-state index in [0.29, 0.717) is 6.61 Å². The number of hydrogen-bond acceptors (Lipinski definition) is 4. The number of thiazole rings is 1. The van der Waals surface area contributed by atoms with Crippen molar-refractivity contribution < 1.29 is 4.74 Å². The lowest BCUT2D eigenvalue weighted by molar-refractivity contribution is 0.341. The molecule has 18 heavy (non-hydrogen) atoms. The fourth-order valence-corrected chi connectivity index (χ4v) is 2.60. The van der Waals surface area contributed by atoms with E-state index in [4.69, 9.17) is 4.74 Å². The van der Waals surface area contributed by atoms with E-state index < -0.39 is 0 Å². The van der Waals surface area contributed by atoms with Crippen molar-refractivity contribution in [3.63, 3.8) is 0 Å². The zero-order valence-corrected chi connectivity index (χ0v) is 11.6. The van der Waals surface area contributed by atoms with Gasteiger partial charge < -0.3 is 10.1 Å². The van der Waals surface area contributed by atoms with Crippen molar-refractivity contribution in [2.75, 3.05) is 13.2 Å². The van der Waals surface area contributed by atoms with Gasteiger partial charge in [-0.25, -0.2) is 4.98 Å². The van der Waals surface area contributed by atoms with Crippen LogP contribution in [0.4, 0.5) is 0 Å². The Labute approximate surface area is 112 Å². The van der Waals surface area contributed by atoms with E-state index in [0.717, 1.165) is 29.4 Å². The molecule has 2 aromatic rings. The van der Waals surface area contributed by atoms with Crippen molar-refractivity contribution in [1.82, 2.24) is 10.3 Å².